The third-order valence-corrected chi connectivity index (χ3v) is 1.87. The van der Waals surface area contributed by atoms with E-state index < -0.39 is 11.8 Å². The Morgan fingerprint density at radius 2 is 2.12 bits per heavy atom. The minimum absolute atomic E-state index is 0.0196. The van der Waals surface area contributed by atoms with Gasteiger partial charge < -0.3 is 4.74 Å². The number of Topliss-reactive ketones (excluding diaryl/α,β-unsaturated/α-hetero) is 1. The maximum atomic E-state index is 12.5. The van der Waals surface area contributed by atoms with Crippen LogP contribution in [-0.2, 0) is 9.53 Å². The van der Waals surface area contributed by atoms with Crippen molar-refractivity contribution in [2.24, 2.45) is 0 Å². The van der Waals surface area contributed by atoms with Crippen molar-refractivity contribution in [1.82, 2.24) is 4.98 Å². The van der Waals surface area contributed by atoms with Crippen molar-refractivity contribution >= 4 is 11.8 Å². The molecule has 0 saturated carbocycles. The zero-order chi connectivity index (χ0) is 12.0. The smallest absolute Gasteiger partial charge is 0.306 e. The second kappa shape index (κ2) is 5.95. The summed E-state index contributed by atoms with van der Waals surface area (Å²) in [4.78, 5) is 26.1. The van der Waals surface area contributed by atoms with Crippen molar-refractivity contribution in [1.29, 1.82) is 0 Å². The first-order chi connectivity index (χ1) is 7.63. The molecule has 0 aliphatic carbocycles. The fourth-order valence-corrected chi connectivity index (χ4v) is 1.12. The van der Waals surface area contributed by atoms with Crippen LogP contribution in [0.1, 0.15) is 30.3 Å². The van der Waals surface area contributed by atoms with Gasteiger partial charge in [-0.05, 0) is 19.1 Å². The third kappa shape index (κ3) is 3.76. The van der Waals surface area contributed by atoms with Crippen molar-refractivity contribution in [2.45, 2.75) is 19.8 Å². The Morgan fingerprint density at radius 3 is 2.69 bits per heavy atom. The maximum Gasteiger partial charge on any atom is 0.306 e. The van der Waals surface area contributed by atoms with Gasteiger partial charge in [-0.25, -0.2) is 4.39 Å². The predicted octanol–water partition coefficient (Wildman–Crippen LogP) is 1.75. The van der Waals surface area contributed by atoms with Gasteiger partial charge in [-0.2, -0.15) is 0 Å². The lowest BCUT2D eigenvalue weighted by Crippen LogP contribution is -2.09. The van der Waals surface area contributed by atoms with Gasteiger partial charge in [0.1, 0.15) is 11.5 Å². The van der Waals surface area contributed by atoms with Gasteiger partial charge in [-0.15, -0.1) is 0 Å². The molecule has 0 radical (unpaired) electrons. The highest BCUT2D eigenvalue weighted by atomic mass is 19.1. The second-order valence-corrected chi connectivity index (χ2v) is 3.09. The number of carbonyl (C=O) groups is 2. The van der Waals surface area contributed by atoms with Crippen LogP contribution in [0, 0.1) is 5.82 Å². The summed E-state index contributed by atoms with van der Waals surface area (Å²) in [5.74, 6) is -1.21. The molecule has 0 unspecified atom stereocenters. The van der Waals surface area contributed by atoms with Gasteiger partial charge in [0.2, 0.25) is 0 Å². The summed E-state index contributed by atoms with van der Waals surface area (Å²) in [5, 5.41) is 0. The molecule has 0 saturated heterocycles. The first-order valence-corrected chi connectivity index (χ1v) is 4.94. The molecule has 16 heavy (non-hydrogen) atoms. The molecule has 1 rings (SSSR count). The minimum Gasteiger partial charge on any atom is -0.466 e. The molecule has 0 amide bonds. The van der Waals surface area contributed by atoms with E-state index in [-0.39, 0.29) is 24.3 Å². The highest BCUT2D eigenvalue weighted by Gasteiger charge is 2.10. The number of carbonyl (C=O) groups excluding carboxylic acids is 2. The van der Waals surface area contributed by atoms with E-state index in [1.165, 1.54) is 6.07 Å². The van der Waals surface area contributed by atoms with Crippen LogP contribution in [0.5, 0.6) is 0 Å². The molecule has 1 aromatic rings. The van der Waals surface area contributed by atoms with E-state index in [1.807, 2.05) is 0 Å². The molecule has 1 heterocycles. The molecule has 0 aromatic carbocycles. The SMILES string of the molecule is CCOC(=O)CCC(=O)c1ccc(F)cn1. The monoisotopic (exact) mass is 225 g/mol. The largest absolute Gasteiger partial charge is 0.466 e. The van der Waals surface area contributed by atoms with Crippen LogP contribution in [0.4, 0.5) is 4.39 Å². The first kappa shape index (κ1) is 12.3. The molecule has 0 N–H and O–H groups in total. The number of hydrogen-bond donors (Lipinski definition) is 0. The van der Waals surface area contributed by atoms with Crippen LogP contribution in [0.3, 0.4) is 0 Å². The van der Waals surface area contributed by atoms with Gasteiger partial charge in [0.25, 0.3) is 0 Å². The number of halogens is 1. The standard InChI is InChI=1S/C11H12FNO3/c1-2-16-11(15)6-5-10(14)9-4-3-8(12)7-13-9/h3-4,7H,2,5-6H2,1H3. The van der Waals surface area contributed by atoms with Gasteiger partial charge in [0.15, 0.2) is 5.78 Å². The van der Waals surface area contributed by atoms with Crippen molar-refractivity contribution in [3.63, 3.8) is 0 Å². The highest BCUT2D eigenvalue weighted by Crippen LogP contribution is 2.04. The zero-order valence-electron chi connectivity index (χ0n) is 8.90. The maximum absolute atomic E-state index is 12.5. The van der Waals surface area contributed by atoms with Crippen LogP contribution in [0.2, 0.25) is 0 Å². The van der Waals surface area contributed by atoms with Crippen LogP contribution < -0.4 is 0 Å². The van der Waals surface area contributed by atoms with E-state index in [9.17, 15) is 14.0 Å². The molecular weight excluding hydrogens is 213 g/mol. The van der Waals surface area contributed by atoms with E-state index in [0.717, 1.165) is 12.3 Å². The van der Waals surface area contributed by atoms with Gasteiger partial charge in [0, 0.05) is 6.42 Å². The highest BCUT2D eigenvalue weighted by molar-refractivity contribution is 5.95. The summed E-state index contributed by atoms with van der Waals surface area (Å²) < 4.78 is 17.2. The lowest BCUT2D eigenvalue weighted by atomic mass is 10.1. The molecule has 0 bridgehead atoms. The molecule has 0 atom stereocenters. The Labute approximate surface area is 92.4 Å². The normalized spacial score (nSPS) is 9.88. The summed E-state index contributed by atoms with van der Waals surface area (Å²) in [6.07, 6.45) is 1.01. The Kier molecular flexibility index (Phi) is 4.57. The topological polar surface area (TPSA) is 56.3 Å². The third-order valence-electron chi connectivity index (χ3n) is 1.87. The number of hydrogen-bond acceptors (Lipinski definition) is 4. The van der Waals surface area contributed by atoms with E-state index in [1.54, 1.807) is 6.92 Å². The van der Waals surface area contributed by atoms with Gasteiger partial charge >= 0.3 is 5.97 Å². The minimum atomic E-state index is -0.498. The fraction of sp³-hybridized carbons (Fsp3) is 0.364. The number of nitrogens with zero attached hydrogens (tertiary/aromatic N) is 1. The van der Waals surface area contributed by atoms with Gasteiger partial charge in [-0.3, -0.25) is 14.6 Å². The van der Waals surface area contributed by atoms with Crippen LogP contribution >= 0.6 is 0 Å². The van der Waals surface area contributed by atoms with Crippen molar-refractivity contribution in [3.8, 4) is 0 Å². The fourth-order valence-electron chi connectivity index (χ4n) is 1.12. The van der Waals surface area contributed by atoms with E-state index >= 15 is 0 Å². The van der Waals surface area contributed by atoms with Crippen LogP contribution in [0.15, 0.2) is 18.3 Å². The molecule has 0 aliphatic heterocycles. The van der Waals surface area contributed by atoms with E-state index in [0.29, 0.717) is 6.61 Å². The number of esters is 1. The van der Waals surface area contributed by atoms with Crippen molar-refractivity contribution < 1.29 is 18.7 Å². The average molecular weight is 225 g/mol. The number of rotatable bonds is 5. The quantitative estimate of drug-likeness (QED) is 0.565. The van der Waals surface area contributed by atoms with Crippen molar-refractivity contribution in [3.05, 3.63) is 29.8 Å². The van der Waals surface area contributed by atoms with Gasteiger partial charge in [0.05, 0.1) is 19.2 Å². The zero-order valence-corrected chi connectivity index (χ0v) is 8.90. The number of ether oxygens (including phenoxy) is 1. The lowest BCUT2D eigenvalue weighted by molar-refractivity contribution is -0.143. The molecular formula is C11H12FNO3. The number of pyridine rings is 1. The summed E-state index contributed by atoms with van der Waals surface area (Å²) in [6.45, 7) is 1.99. The number of ketones is 1. The Balaban J connectivity index is 2.47. The molecule has 0 aliphatic rings. The summed E-state index contributed by atoms with van der Waals surface area (Å²) in [5.41, 5.74) is 0.158. The van der Waals surface area contributed by atoms with E-state index in [2.05, 4.69) is 9.72 Å². The molecule has 5 heteroatoms. The predicted molar refractivity (Wildman–Crippen MR) is 54.4 cm³/mol. The number of aromatic nitrogens is 1. The first-order valence-electron chi connectivity index (χ1n) is 4.94. The van der Waals surface area contributed by atoms with Crippen molar-refractivity contribution in [2.75, 3.05) is 6.61 Å². The molecule has 0 fully saturated rings. The van der Waals surface area contributed by atoms with Gasteiger partial charge in [-0.1, -0.05) is 0 Å². The van der Waals surface area contributed by atoms with E-state index in [4.69, 9.17) is 0 Å². The molecule has 0 spiro atoms. The summed E-state index contributed by atoms with van der Waals surface area (Å²) >= 11 is 0. The summed E-state index contributed by atoms with van der Waals surface area (Å²) in [6, 6.07) is 2.45. The Morgan fingerprint density at radius 1 is 1.38 bits per heavy atom. The molecule has 1 aromatic heterocycles. The Bertz CT molecular complexity index is 375. The van der Waals surface area contributed by atoms with Crippen LogP contribution in [0.25, 0.3) is 0 Å². The molecule has 4 nitrogen and oxygen atoms in total. The molecule has 86 valence electrons. The summed E-state index contributed by atoms with van der Waals surface area (Å²) in [7, 11) is 0. The van der Waals surface area contributed by atoms with Crippen LogP contribution in [-0.4, -0.2) is 23.3 Å². The lowest BCUT2D eigenvalue weighted by Gasteiger charge is -2.01. The average Bonchev–Trinajstić information content (AvgIpc) is 2.27. The Hall–Kier alpha value is -1.78. The second-order valence-electron chi connectivity index (χ2n) is 3.09.